The molecule has 0 aliphatic carbocycles. The van der Waals surface area contributed by atoms with Gasteiger partial charge in [-0.1, -0.05) is 27.7 Å². The van der Waals surface area contributed by atoms with Crippen molar-refractivity contribution in [1.29, 1.82) is 0 Å². The molecule has 0 radical (unpaired) electrons. The molecule has 3 aliphatic heterocycles. The number of aliphatic hydroxyl groups is 4. The number of alkyl carbamates (subject to hydrolysis) is 1. The van der Waals surface area contributed by atoms with Crippen molar-refractivity contribution in [2.75, 3.05) is 41.3 Å². The van der Waals surface area contributed by atoms with Gasteiger partial charge in [0, 0.05) is 44.6 Å². The lowest BCUT2D eigenvalue weighted by atomic mass is 9.77. The van der Waals surface area contributed by atoms with Gasteiger partial charge in [0.1, 0.15) is 29.5 Å². The van der Waals surface area contributed by atoms with E-state index in [1.54, 1.807) is 41.5 Å². The molecule has 0 unspecified atom stereocenters. The molecule has 58 heavy (non-hydrogen) atoms. The summed E-state index contributed by atoms with van der Waals surface area (Å²) in [6.45, 7) is 20.4. The zero-order valence-electron chi connectivity index (χ0n) is 38.0. The third-order valence-electron chi connectivity index (χ3n) is 12.9. The van der Waals surface area contributed by atoms with Crippen LogP contribution in [-0.4, -0.2) is 174 Å². The van der Waals surface area contributed by atoms with Crippen LogP contribution in [0.4, 0.5) is 4.79 Å². The Kier molecular flexibility index (Phi) is 18.3. The van der Waals surface area contributed by atoms with Crippen LogP contribution in [0, 0.1) is 17.8 Å². The van der Waals surface area contributed by atoms with E-state index in [0.29, 0.717) is 19.5 Å². The van der Waals surface area contributed by atoms with Crippen LogP contribution in [0.5, 0.6) is 0 Å². The van der Waals surface area contributed by atoms with Crippen molar-refractivity contribution in [2.45, 2.75) is 199 Å². The van der Waals surface area contributed by atoms with E-state index in [4.69, 9.17) is 33.2 Å². The molecule has 1 amide bonds. The highest BCUT2D eigenvalue weighted by Crippen LogP contribution is 2.41. The number of ether oxygens (including phenoxy) is 7. The zero-order chi connectivity index (χ0) is 44.1. The van der Waals surface area contributed by atoms with Crippen LogP contribution in [-0.2, 0) is 38.0 Å². The van der Waals surface area contributed by atoms with Gasteiger partial charge >= 0.3 is 12.1 Å². The molecule has 340 valence electrons. The summed E-state index contributed by atoms with van der Waals surface area (Å²) < 4.78 is 44.1. The Bertz CT molecular complexity index is 1310. The van der Waals surface area contributed by atoms with Crippen molar-refractivity contribution in [2.24, 2.45) is 17.8 Å². The molecule has 3 fully saturated rings. The monoisotopic (exact) mass is 834 g/mol. The first-order valence-corrected chi connectivity index (χ1v) is 21.3. The van der Waals surface area contributed by atoms with Gasteiger partial charge in [0.15, 0.2) is 18.7 Å². The van der Waals surface area contributed by atoms with E-state index in [1.165, 1.54) is 14.0 Å². The van der Waals surface area contributed by atoms with E-state index >= 15 is 0 Å². The minimum Gasteiger partial charge on any atom is -0.459 e. The zero-order valence-corrected chi connectivity index (χ0v) is 38.0. The second-order valence-electron chi connectivity index (χ2n) is 18.5. The summed E-state index contributed by atoms with van der Waals surface area (Å²) in [6, 6.07) is -0.847. The summed E-state index contributed by atoms with van der Waals surface area (Å²) in [5, 5.41) is 50.3. The molecule has 0 aromatic rings. The predicted octanol–water partition coefficient (Wildman–Crippen LogP) is 3.04. The number of esters is 1. The molecule has 16 heteroatoms. The van der Waals surface area contributed by atoms with Gasteiger partial charge in [-0.3, -0.25) is 4.79 Å². The van der Waals surface area contributed by atoms with Gasteiger partial charge in [-0.15, -0.1) is 0 Å². The standard InChI is InChI=1S/C42H79N3O13/c1-16-18-43-39(49)58-36-28(8)54-31(21-41(36,10)52-15)56-33-25(5)35(57-38-32(46)29(44(12)13)19-24(4)53-38)40(9,50)20-23(3)22-45(14)27(7)34(47)42(11,51)30(17-2)55-37(48)26(33)6/h23-36,38,46-47,50-51H,16-22H2,1-15H3,(H,43,49)/t23-,24-,25+,26-,27-,28+,29+,30-,31+,32-,33+,34-,35-,36+,38+,40+,41-,42-/m1/s1. The highest BCUT2D eigenvalue weighted by atomic mass is 16.7. The molecule has 0 aromatic carbocycles. The minimum atomic E-state index is -1.82. The van der Waals surface area contributed by atoms with Gasteiger partial charge in [0.05, 0.1) is 35.9 Å². The van der Waals surface area contributed by atoms with Gasteiger partial charge in [-0.2, -0.15) is 0 Å². The number of cyclic esters (lactones) is 1. The van der Waals surface area contributed by atoms with E-state index in [2.05, 4.69) is 5.32 Å². The number of carbonyl (C=O) groups excluding carboxylic acids is 2. The Morgan fingerprint density at radius 2 is 1.62 bits per heavy atom. The molecule has 16 nitrogen and oxygen atoms in total. The van der Waals surface area contributed by atoms with Gasteiger partial charge in [0.2, 0.25) is 0 Å². The van der Waals surface area contributed by atoms with Gasteiger partial charge < -0.3 is 68.7 Å². The third kappa shape index (κ3) is 12.0. The molecule has 0 spiro atoms. The van der Waals surface area contributed by atoms with Crippen LogP contribution in [0.2, 0.25) is 0 Å². The number of likely N-dealkylation sites (N-methyl/N-ethyl adjacent to an activating group) is 2. The van der Waals surface area contributed by atoms with E-state index in [-0.39, 0.29) is 37.3 Å². The normalized spacial score (nSPS) is 45.5. The molecule has 3 saturated heterocycles. The van der Waals surface area contributed by atoms with Crippen molar-refractivity contribution in [3.63, 3.8) is 0 Å². The largest absolute Gasteiger partial charge is 0.459 e. The van der Waals surface area contributed by atoms with Crippen molar-refractivity contribution >= 4 is 12.1 Å². The Balaban J connectivity index is 2.16. The Morgan fingerprint density at radius 1 is 0.983 bits per heavy atom. The minimum absolute atomic E-state index is 0.0959. The second kappa shape index (κ2) is 20.9. The first-order chi connectivity index (χ1) is 26.8. The summed E-state index contributed by atoms with van der Waals surface area (Å²) in [6.07, 6.45) is -8.31. The number of carbonyl (C=O) groups is 2. The van der Waals surface area contributed by atoms with E-state index in [0.717, 1.165) is 6.42 Å². The lowest BCUT2D eigenvalue weighted by molar-refractivity contribution is -0.317. The van der Waals surface area contributed by atoms with Crippen LogP contribution in [0.25, 0.3) is 0 Å². The van der Waals surface area contributed by atoms with Crippen LogP contribution < -0.4 is 5.32 Å². The molecule has 0 bridgehead atoms. The SMILES string of the molecule is CCCNC(=O)O[C@H]1[C@H](C)O[C@@H](O[C@H]2[C@H](C)[C@@H](O[C@@H]3O[C@H](C)C[C@H](N(C)C)[C@H]3O)[C@@](C)(O)C[C@@H](C)CN(C)[C@H](C)[C@@H](O)[C@](C)(O)[C@@H](CC)OC(=O)[C@@H]2C)C[C@@]1(C)OC. The fourth-order valence-electron chi connectivity index (χ4n) is 9.33. The number of nitrogens with zero attached hydrogens (tertiary/aromatic N) is 2. The van der Waals surface area contributed by atoms with Gasteiger partial charge in [-0.05, 0) is 101 Å². The van der Waals surface area contributed by atoms with Crippen LogP contribution in [0.15, 0.2) is 0 Å². The summed E-state index contributed by atoms with van der Waals surface area (Å²) in [5.74, 6) is -2.71. The lowest BCUT2D eigenvalue weighted by Crippen LogP contribution is -2.61. The summed E-state index contributed by atoms with van der Waals surface area (Å²) >= 11 is 0. The Hall–Kier alpha value is -1.70. The number of hydrogen-bond donors (Lipinski definition) is 5. The summed E-state index contributed by atoms with van der Waals surface area (Å²) in [5.41, 5.74) is -4.48. The fraction of sp³-hybridized carbons (Fsp3) is 0.952. The number of nitrogens with one attached hydrogen (secondary N) is 1. The molecular weight excluding hydrogens is 754 g/mol. The van der Waals surface area contributed by atoms with E-state index in [1.807, 2.05) is 58.6 Å². The maximum absolute atomic E-state index is 14.4. The van der Waals surface area contributed by atoms with Crippen molar-refractivity contribution in [1.82, 2.24) is 15.1 Å². The summed E-state index contributed by atoms with van der Waals surface area (Å²) in [4.78, 5) is 30.9. The highest BCUT2D eigenvalue weighted by molar-refractivity contribution is 5.73. The Morgan fingerprint density at radius 3 is 2.19 bits per heavy atom. The maximum atomic E-state index is 14.4. The third-order valence-corrected chi connectivity index (χ3v) is 12.9. The first-order valence-electron chi connectivity index (χ1n) is 21.3. The maximum Gasteiger partial charge on any atom is 0.407 e. The van der Waals surface area contributed by atoms with Crippen molar-refractivity contribution in [3.05, 3.63) is 0 Å². The molecule has 0 aromatic heterocycles. The molecule has 3 rings (SSSR count). The average Bonchev–Trinajstić information content (AvgIpc) is 3.14. The van der Waals surface area contributed by atoms with E-state index in [9.17, 15) is 30.0 Å². The van der Waals surface area contributed by atoms with E-state index < -0.39 is 102 Å². The molecule has 0 saturated carbocycles. The van der Waals surface area contributed by atoms with Crippen LogP contribution >= 0.6 is 0 Å². The van der Waals surface area contributed by atoms with Crippen molar-refractivity contribution in [3.8, 4) is 0 Å². The molecule has 18 atom stereocenters. The van der Waals surface area contributed by atoms with Crippen molar-refractivity contribution < 1.29 is 63.2 Å². The fourth-order valence-corrected chi connectivity index (χ4v) is 9.33. The second-order valence-corrected chi connectivity index (χ2v) is 18.5. The predicted molar refractivity (Wildman–Crippen MR) is 217 cm³/mol. The molecule has 5 N–H and O–H groups in total. The molecule has 3 heterocycles. The topological polar surface area (TPSA) is 198 Å². The van der Waals surface area contributed by atoms with Gasteiger partial charge in [0.25, 0.3) is 0 Å². The van der Waals surface area contributed by atoms with Crippen LogP contribution in [0.1, 0.15) is 108 Å². The van der Waals surface area contributed by atoms with Gasteiger partial charge in [-0.25, -0.2) is 4.79 Å². The lowest BCUT2D eigenvalue weighted by Gasteiger charge is -2.49. The Labute approximate surface area is 347 Å². The number of amides is 1. The molecule has 3 aliphatic rings. The van der Waals surface area contributed by atoms with Crippen LogP contribution in [0.3, 0.4) is 0 Å². The number of aliphatic hydroxyl groups excluding tert-OH is 2. The average molecular weight is 834 g/mol. The summed E-state index contributed by atoms with van der Waals surface area (Å²) in [7, 11) is 7.12. The smallest absolute Gasteiger partial charge is 0.407 e. The number of hydrogen-bond acceptors (Lipinski definition) is 15. The number of methoxy groups -OCH3 is 1. The highest BCUT2D eigenvalue weighted by Gasteiger charge is 2.53. The number of rotatable bonds is 10. The molecular formula is C42H79N3O13. The first kappa shape index (κ1) is 50.7. The quantitative estimate of drug-likeness (QED) is 0.201.